The van der Waals surface area contributed by atoms with Crippen LogP contribution in [0.1, 0.15) is 19.8 Å². The Bertz CT molecular complexity index is 434. The molecule has 2 aliphatic heterocycles. The van der Waals surface area contributed by atoms with Crippen LogP contribution >= 0.6 is 0 Å². The van der Waals surface area contributed by atoms with Gasteiger partial charge in [0, 0.05) is 5.69 Å². The van der Waals surface area contributed by atoms with Crippen LogP contribution in [0.5, 0.6) is 0 Å². The predicted molar refractivity (Wildman–Crippen MR) is 59.8 cm³/mol. The lowest BCUT2D eigenvalue weighted by atomic mass is 10.0. The average molecular weight is 218 g/mol. The lowest BCUT2D eigenvalue weighted by molar-refractivity contribution is -0.0118. The molecule has 0 radical (unpaired) electrons. The van der Waals surface area contributed by atoms with Gasteiger partial charge in [-0.2, -0.15) is 0 Å². The number of fused-ring (bicyclic) bond motifs is 1. The first-order valence-electron chi connectivity index (χ1n) is 5.51. The Morgan fingerprint density at radius 2 is 2.06 bits per heavy atom. The van der Waals surface area contributed by atoms with Gasteiger partial charge in [0.25, 0.3) is 0 Å². The molecule has 2 aliphatic rings. The summed E-state index contributed by atoms with van der Waals surface area (Å²) in [5.41, 5.74) is 0.568. The van der Waals surface area contributed by atoms with Crippen LogP contribution < -0.4 is 4.90 Å². The maximum atomic E-state index is 12.0. The number of nitrogens with zero attached hydrogens (tertiary/aromatic N) is 2. The zero-order valence-electron chi connectivity index (χ0n) is 9.13. The van der Waals surface area contributed by atoms with E-state index in [0.717, 1.165) is 12.1 Å². The second-order valence-electron chi connectivity index (χ2n) is 4.56. The number of hydrogen-bond acceptors (Lipinski definition) is 2. The number of carbonyl (C=O) groups excluding carboxylic acids is 1. The summed E-state index contributed by atoms with van der Waals surface area (Å²) in [6, 6.07) is 9.51. The third kappa shape index (κ3) is 0.998. The van der Waals surface area contributed by atoms with Crippen molar-refractivity contribution in [1.29, 1.82) is 0 Å². The lowest BCUT2D eigenvalue weighted by Gasteiger charge is -2.55. The molecule has 3 rings (SSSR count). The van der Waals surface area contributed by atoms with Crippen LogP contribution in [-0.2, 0) is 0 Å². The molecule has 1 N–H and O–H groups in total. The van der Waals surface area contributed by atoms with E-state index in [-0.39, 0.29) is 11.7 Å². The summed E-state index contributed by atoms with van der Waals surface area (Å²) in [4.78, 5) is 15.3. The van der Waals surface area contributed by atoms with Gasteiger partial charge in [-0.05, 0) is 31.9 Å². The van der Waals surface area contributed by atoms with Crippen molar-refractivity contribution in [2.24, 2.45) is 0 Å². The van der Waals surface area contributed by atoms with Crippen LogP contribution in [-0.4, -0.2) is 27.9 Å². The molecule has 2 atom stereocenters. The van der Waals surface area contributed by atoms with Gasteiger partial charge in [0.15, 0.2) is 0 Å². The number of urea groups is 1. The molecule has 0 spiro atoms. The van der Waals surface area contributed by atoms with Gasteiger partial charge >= 0.3 is 6.03 Å². The first kappa shape index (κ1) is 9.66. The molecule has 4 heteroatoms. The number of para-hydroxylation sites is 1. The van der Waals surface area contributed by atoms with E-state index in [1.165, 1.54) is 0 Å². The van der Waals surface area contributed by atoms with Gasteiger partial charge < -0.3 is 5.11 Å². The molecule has 1 aromatic rings. The van der Waals surface area contributed by atoms with Gasteiger partial charge in [-0.25, -0.2) is 4.79 Å². The van der Waals surface area contributed by atoms with E-state index in [1.54, 1.807) is 9.80 Å². The summed E-state index contributed by atoms with van der Waals surface area (Å²) in [7, 11) is 0. The van der Waals surface area contributed by atoms with Crippen LogP contribution in [0.15, 0.2) is 30.3 Å². The van der Waals surface area contributed by atoms with E-state index in [1.807, 2.05) is 37.3 Å². The molecule has 2 heterocycles. The summed E-state index contributed by atoms with van der Waals surface area (Å²) in [5.74, 6) is 0. The number of hydrogen-bond donors (Lipinski definition) is 1. The monoisotopic (exact) mass is 218 g/mol. The molecule has 2 saturated heterocycles. The smallest absolute Gasteiger partial charge is 0.330 e. The molecule has 84 valence electrons. The second-order valence-corrected chi connectivity index (χ2v) is 4.56. The Hall–Kier alpha value is -1.55. The van der Waals surface area contributed by atoms with Crippen molar-refractivity contribution in [2.45, 2.75) is 31.7 Å². The van der Waals surface area contributed by atoms with Crippen molar-refractivity contribution in [3.8, 4) is 0 Å². The van der Waals surface area contributed by atoms with Crippen LogP contribution in [0, 0.1) is 0 Å². The zero-order valence-corrected chi connectivity index (χ0v) is 9.13. The van der Waals surface area contributed by atoms with Crippen molar-refractivity contribution in [3.05, 3.63) is 30.3 Å². The maximum absolute atomic E-state index is 12.0. The molecule has 2 fully saturated rings. The minimum Gasteiger partial charge on any atom is -0.373 e. The van der Waals surface area contributed by atoms with Crippen molar-refractivity contribution in [2.75, 3.05) is 4.90 Å². The fraction of sp³-hybridized carbons (Fsp3) is 0.417. The van der Waals surface area contributed by atoms with E-state index in [9.17, 15) is 9.90 Å². The summed E-state index contributed by atoms with van der Waals surface area (Å²) < 4.78 is 0. The highest BCUT2D eigenvalue weighted by Gasteiger charge is 2.61. The normalized spacial score (nSPS) is 32.6. The maximum Gasteiger partial charge on any atom is 0.330 e. The van der Waals surface area contributed by atoms with Gasteiger partial charge in [-0.15, -0.1) is 0 Å². The van der Waals surface area contributed by atoms with Crippen LogP contribution in [0.25, 0.3) is 0 Å². The highest BCUT2D eigenvalue weighted by Crippen LogP contribution is 2.46. The van der Waals surface area contributed by atoms with E-state index >= 15 is 0 Å². The zero-order chi connectivity index (χ0) is 11.3. The Morgan fingerprint density at radius 1 is 1.38 bits per heavy atom. The number of rotatable bonds is 1. The van der Waals surface area contributed by atoms with Crippen molar-refractivity contribution in [3.63, 3.8) is 0 Å². The Balaban J connectivity index is 1.97. The summed E-state index contributed by atoms with van der Waals surface area (Å²) >= 11 is 0. The summed E-state index contributed by atoms with van der Waals surface area (Å²) in [6.07, 6.45) is 0.859. The molecule has 0 saturated carbocycles. The standard InChI is InChI=1S/C12H14N2O2/c1-12-8-7-10(15)14(12)11(16)13(12)9-5-3-2-4-6-9/h2-6,10,15H,7-8H2,1H3/t10-,12+/m0/s1. The minimum atomic E-state index is -0.613. The molecule has 0 aromatic heterocycles. The molecule has 16 heavy (non-hydrogen) atoms. The highest BCUT2D eigenvalue weighted by atomic mass is 16.3. The molecule has 0 bridgehead atoms. The number of anilines is 1. The first-order valence-corrected chi connectivity index (χ1v) is 5.51. The van der Waals surface area contributed by atoms with E-state index in [0.29, 0.717) is 6.42 Å². The van der Waals surface area contributed by atoms with Gasteiger partial charge in [0.05, 0.1) is 0 Å². The lowest BCUT2D eigenvalue weighted by Crippen LogP contribution is -2.75. The fourth-order valence-corrected chi connectivity index (χ4v) is 2.76. The predicted octanol–water partition coefficient (Wildman–Crippen LogP) is 1.76. The quantitative estimate of drug-likeness (QED) is 0.780. The number of benzene rings is 1. The number of amides is 2. The largest absolute Gasteiger partial charge is 0.373 e. The average Bonchev–Trinajstić information content (AvgIpc) is 2.52. The summed E-state index contributed by atoms with van der Waals surface area (Å²) in [6.45, 7) is 2.00. The third-order valence-corrected chi connectivity index (χ3v) is 3.59. The van der Waals surface area contributed by atoms with Gasteiger partial charge in [0.1, 0.15) is 11.9 Å². The molecule has 4 nitrogen and oxygen atoms in total. The topological polar surface area (TPSA) is 43.8 Å². The van der Waals surface area contributed by atoms with Crippen LogP contribution in [0.2, 0.25) is 0 Å². The SMILES string of the molecule is C[C@]12CC[C@H](O)N1C(=O)N2c1ccccc1. The van der Waals surface area contributed by atoms with Crippen molar-refractivity contribution >= 4 is 11.7 Å². The molecular formula is C12H14N2O2. The second kappa shape index (κ2) is 2.98. The Labute approximate surface area is 94.1 Å². The number of carbonyl (C=O) groups is 1. The van der Waals surface area contributed by atoms with E-state index < -0.39 is 6.23 Å². The van der Waals surface area contributed by atoms with Gasteiger partial charge in [-0.3, -0.25) is 9.80 Å². The molecule has 1 aromatic carbocycles. The van der Waals surface area contributed by atoms with Crippen molar-refractivity contribution < 1.29 is 9.90 Å². The third-order valence-electron chi connectivity index (χ3n) is 3.59. The van der Waals surface area contributed by atoms with Crippen LogP contribution in [0.3, 0.4) is 0 Å². The molecular weight excluding hydrogens is 204 g/mol. The summed E-state index contributed by atoms with van der Waals surface area (Å²) in [5, 5.41) is 9.70. The first-order chi connectivity index (χ1) is 7.64. The van der Waals surface area contributed by atoms with Crippen molar-refractivity contribution in [1.82, 2.24) is 4.90 Å². The number of aliphatic hydroxyl groups excluding tert-OH is 1. The molecule has 0 aliphatic carbocycles. The van der Waals surface area contributed by atoms with Crippen LogP contribution in [0.4, 0.5) is 10.5 Å². The molecule has 0 unspecified atom stereocenters. The van der Waals surface area contributed by atoms with Gasteiger partial charge in [0.2, 0.25) is 0 Å². The number of aliphatic hydroxyl groups is 1. The fourth-order valence-electron chi connectivity index (χ4n) is 2.76. The highest BCUT2D eigenvalue weighted by molar-refractivity contribution is 6.01. The molecule has 2 amide bonds. The Morgan fingerprint density at radius 3 is 2.75 bits per heavy atom. The Kier molecular flexibility index (Phi) is 1.80. The van der Waals surface area contributed by atoms with E-state index in [2.05, 4.69) is 0 Å². The minimum absolute atomic E-state index is 0.0984. The van der Waals surface area contributed by atoms with Gasteiger partial charge in [-0.1, -0.05) is 18.2 Å². The van der Waals surface area contributed by atoms with E-state index in [4.69, 9.17) is 0 Å².